The molecule has 0 amide bonds. The first-order valence-corrected chi connectivity index (χ1v) is 4.78. The van der Waals surface area contributed by atoms with Crippen molar-refractivity contribution in [3.05, 3.63) is 16.8 Å². The van der Waals surface area contributed by atoms with E-state index < -0.39 is 10.8 Å². The Morgan fingerprint density at radius 2 is 2.43 bits per heavy atom. The summed E-state index contributed by atoms with van der Waals surface area (Å²) in [6.45, 7) is 0.159. The Labute approximate surface area is 88.6 Å². The van der Waals surface area contributed by atoms with E-state index in [1.54, 1.807) is 7.05 Å². The minimum absolute atomic E-state index is 0.159. The van der Waals surface area contributed by atoms with E-state index in [9.17, 15) is 9.59 Å². The van der Waals surface area contributed by atoms with Gasteiger partial charge in [0, 0.05) is 7.05 Å². The molecule has 6 nitrogen and oxygen atoms in total. The van der Waals surface area contributed by atoms with Crippen LogP contribution in [0.4, 0.5) is 0 Å². The molecule has 14 heavy (non-hydrogen) atoms. The Balaban J connectivity index is 2.74. The molecule has 0 saturated heterocycles. The van der Waals surface area contributed by atoms with Gasteiger partial charge in [0.15, 0.2) is 0 Å². The third kappa shape index (κ3) is 2.22. The van der Waals surface area contributed by atoms with Crippen molar-refractivity contribution in [2.75, 3.05) is 7.11 Å². The molecule has 0 fully saturated rings. The van der Waals surface area contributed by atoms with Crippen molar-refractivity contribution in [3.63, 3.8) is 0 Å². The van der Waals surface area contributed by atoms with Crippen molar-refractivity contribution in [3.8, 4) is 0 Å². The number of methoxy groups -OCH3 is 1. The van der Waals surface area contributed by atoms with Crippen LogP contribution in [-0.4, -0.2) is 32.3 Å². The number of aryl methyl sites for hydroxylation is 1. The molecule has 1 aromatic rings. The molecule has 1 unspecified atom stereocenters. The summed E-state index contributed by atoms with van der Waals surface area (Å²) in [6.07, 6.45) is 1.39. The number of hydrogen-bond acceptors (Lipinski definition) is 4. The van der Waals surface area contributed by atoms with Gasteiger partial charge in [-0.3, -0.25) is 9.36 Å². The van der Waals surface area contributed by atoms with Crippen molar-refractivity contribution < 1.29 is 9.53 Å². The summed E-state index contributed by atoms with van der Waals surface area (Å²) >= 11 is 3.10. The molecular formula is C7H10BrN3O3. The van der Waals surface area contributed by atoms with Gasteiger partial charge in [-0.1, -0.05) is 15.9 Å². The Bertz CT molecular complexity index is 384. The minimum atomic E-state index is -0.555. The predicted molar refractivity (Wildman–Crippen MR) is 52.2 cm³/mol. The Hall–Kier alpha value is -1.11. The summed E-state index contributed by atoms with van der Waals surface area (Å²) in [5, 5.41) is 3.80. The molecule has 78 valence electrons. The number of ether oxygens (including phenoxy) is 1. The van der Waals surface area contributed by atoms with Crippen LogP contribution in [0.2, 0.25) is 0 Å². The summed E-state index contributed by atoms with van der Waals surface area (Å²) in [7, 11) is 2.88. The van der Waals surface area contributed by atoms with Crippen LogP contribution in [0.25, 0.3) is 0 Å². The smallest absolute Gasteiger partial charge is 0.345 e. The van der Waals surface area contributed by atoms with E-state index in [0.29, 0.717) is 0 Å². The van der Waals surface area contributed by atoms with Crippen LogP contribution in [0.5, 0.6) is 0 Å². The topological polar surface area (TPSA) is 66.1 Å². The Morgan fingerprint density at radius 1 is 1.79 bits per heavy atom. The van der Waals surface area contributed by atoms with Gasteiger partial charge >= 0.3 is 11.7 Å². The van der Waals surface area contributed by atoms with E-state index in [2.05, 4.69) is 25.8 Å². The molecule has 1 aromatic heterocycles. The second-order valence-corrected chi connectivity index (χ2v) is 3.80. The van der Waals surface area contributed by atoms with Gasteiger partial charge in [-0.25, -0.2) is 9.48 Å². The van der Waals surface area contributed by atoms with Crippen molar-refractivity contribution in [1.82, 2.24) is 14.3 Å². The zero-order valence-corrected chi connectivity index (χ0v) is 9.39. The molecule has 7 heteroatoms. The number of hydrogen-bond donors (Lipinski definition) is 0. The molecule has 0 saturated carbocycles. The molecule has 0 N–H and O–H groups in total. The molecule has 1 heterocycles. The van der Waals surface area contributed by atoms with Crippen molar-refractivity contribution in [2.45, 2.75) is 11.4 Å². The maximum absolute atomic E-state index is 11.3. The number of halogens is 1. The second-order valence-electron chi connectivity index (χ2n) is 2.70. The lowest BCUT2D eigenvalue weighted by Gasteiger charge is -2.05. The van der Waals surface area contributed by atoms with Gasteiger partial charge in [0.05, 0.1) is 13.7 Å². The Kier molecular flexibility index (Phi) is 3.45. The lowest BCUT2D eigenvalue weighted by Crippen LogP contribution is -2.30. The van der Waals surface area contributed by atoms with Gasteiger partial charge in [0.25, 0.3) is 0 Å². The van der Waals surface area contributed by atoms with Gasteiger partial charge in [0.1, 0.15) is 11.2 Å². The summed E-state index contributed by atoms with van der Waals surface area (Å²) in [5.74, 6) is -0.428. The van der Waals surface area contributed by atoms with Gasteiger partial charge in [0.2, 0.25) is 0 Å². The third-order valence-corrected chi connectivity index (χ3v) is 2.34. The summed E-state index contributed by atoms with van der Waals surface area (Å²) in [6, 6.07) is 0. The predicted octanol–water partition coefficient (Wildman–Crippen LogP) is -0.482. The maximum atomic E-state index is 11.3. The quantitative estimate of drug-likeness (QED) is 0.546. The Morgan fingerprint density at radius 3 is 2.86 bits per heavy atom. The summed E-state index contributed by atoms with van der Waals surface area (Å²) in [4.78, 5) is 21.8. The van der Waals surface area contributed by atoms with Crippen molar-refractivity contribution in [1.29, 1.82) is 0 Å². The van der Waals surface area contributed by atoms with Crippen LogP contribution in [-0.2, 0) is 23.1 Å². The first-order valence-electron chi connectivity index (χ1n) is 3.86. The van der Waals surface area contributed by atoms with E-state index in [1.807, 2.05) is 0 Å². The van der Waals surface area contributed by atoms with Crippen LogP contribution >= 0.6 is 15.9 Å². The van der Waals surface area contributed by atoms with Gasteiger partial charge in [-0.2, -0.15) is 5.10 Å². The van der Waals surface area contributed by atoms with E-state index in [1.165, 1.54) is 22.7 Å². The molecular weight excluding hydrogens is 254 g/mol. The second kappa shape index (κ2) is 4.41. The van der Waals surface area contributed by atoms with Gasteiger partial charge in [-0.15, -0.1) is 0 Å². The minimum Gasteiger partial charge on any atom is -0.468 e. The lowest BCUT2D eigenvalue weighted by atomic mass is 10.4. The van der Waals surface area contributed by atoms with Gasteiger partial charge in [-0.05, 0) is 0 Å². The molecule has 0 bridgehead atoms. The normalized spacial score (nSPS) is 12.5. The van der Waals surface area contributed by atoms with Gasteiger partial charge < -0.3 is 4.74 Å². The average molecular weight is 264 g/mol. The molecule has 0 aliphatic carbocycles. The zero-order chi connectivity index (χ0) is 10.7. The van der Waals surface area contributed by atoms with Crippen molar-refractivity contribution >= 4 is 21.9 Å². The van der Waals surface area contributed by atoms with E-state index in [0.717, 1.165) is 0 Å². The molecule has 0 aromatic carbocycles. The molecule has 1 rings (SSSR count). The number of carbonyl (C=O) groups is 1. The highest BCUT2D eigenvalue weighted by atomic mass is 79.9. The fourth-order valence-electron chi connectivity index (χ4n) is 0.900. The van der Waals surface area contributed by atoms with Crippen LogP contribution in [0.3, 0.4) is 0 Å². The van der Waals surface area contributed by atoms with Crippen LogP contribution in [0.15, 0.2) is 11.1 Å². The maximum Gasteiger partial charge on any atom is 0.345 e. The number of alkyl halides is 1. The molecule has 0 spiro atoms. The first kappa shape index (κ1) is 11.0. The van der Waals surface area contributed by atoms with Crippen molar-refractivity contribution in [2.24, 2.45) is 7.05 Å². The van der Waals surface area contributed by atoms with Crippen LogP contribution in [0.1, 0.15) is 0 Å². The average Bonchev–Trinajstić information content (AvgIpc) is 2.48. The molecule has 1 atom stereocenters. The largest absolute Gasteiger partial charge is 0.468 e. The number of nitrogens with zero attached hydrogens (tertiary/aromatic N) is 3. The lowest BCUT2D eigenvalue weighted by molar-refractivity contribution is -0.140. The summed E-state index contributed by atoms with van der Waals surface area (Å²) < 4.78 is 7.02. The summed E-state index contributed by atoms with van der Waals surface area (Å²) in [5.41, 5.74) is -0.265. The standard InChI is InChI=1S/C7H10BrN3O3/c1-10-4-9-11(7(10)13)3-5(8)6(12)14-2/h4-5H,3H2,1-2H3. The fraction of sp³-hybridized carbons (Fsp3) is 0.571. The highest BCUT2D eigenvalue weighted by Gasteiger charge is 2.17. The molecule has 0 aliphatic heterocycles. The number of rotatable bonds is 3. The molecule has 0 aliphatic rings. The number of aromatic nitrogens is 3. The number of carbonyl (C=O) groups excluding carboxylic acids is 1. The molecule has 0 radical (unpaired) electrons. The highest BCUT2D eigenvalue weighted by molar-refractivity contribution is 9.10. The van der Waals surface area contributed by atoms with E-state index in [4.69, 9.17) is 0 Å². The highest BCUT2D eigenvalue weighted by Crippen LogP contribution is 2.03. The zero-order valence-electron chi connectivity index (χ0n) is 7.81. The number of esters is 1. The SMILES string of the molecule is COC(=O)C(Br)Cn1ncn(C)c1=O. The van der Waals surface area contributed by atoms with E-state index >= 15 is 0 Å². The van der Waals surface area contributed by atoms with Crippen LogP contribution in [0, 0.1) is 0 Å². The fourth-order valence-corrected chi connectivity index (χ4v) is 1.36. The first-order chi connectivity index (χ1) is 6.56. The van der Waals surface area contributed by atoms with Crippen LogP contribution < -0.4 is 5.69 Å². The monoisotopic (exact) mass is 263 g/mol. The third-order valence-electron chi connectivity index (χ3n) is 1.68. The van der Waals surface area contributed by atoms with E-state index in [-0.39, 0.29) is 12.2 Å².